The molecule has 0 aliphatic carbocycles. The molecule has 5 heteroatoms. The maximum Gasteiger partial charge on any atom is 0.196 e. The van der Waals surface area contributed by atoms with Crippen LogP contribution in [0.3, 0.4) is 0 Å². The lowest BCUT2D eigenvalue weighted by Crippen LogP contribution is -2.36. The average molecular weight is 361 g/mol. The number of benzene rings is 1. The van der Waals surface area contributed by atoms with Gasteiger partial charge in [0.25, 0.3) is 0 Å². The Morgan fingerprint density at radius 3 is 2.50 bits per heavy atom. The molecule has 2 unspecified atom stereocenters. The van der Waals surface area contributed by atoms with Crippen LogP contribution in [0.2, 0.25) is 0 Å². The Bertz CT molecular complexity index is 766. The van der Waals surface area contributed by atoms with Crippen LogP contribution in [0.5, 0.6) is 0 Å². The highest BCUT2D eigenvalue weighted by molar-refractivity contribution is 8.14. The van der Waals surface area contributed by atoms with Crippen molar-refractivity contribution in [3.63, 3.8) is 0 Å². The molecule has 1 aliphatic heterocycles. The molecule has 3 rings (SSSR count). The third-order valence-corrected chi connectivity index (χ3v) is 7.16. The molecule has 0 saturated heterocycles. The Balaban J connectivity index is 2.12. The van der Waals surface area contributed by atoms with Crippen LogP contribution in [0.1, 0.15) is 51.0 Å². The van der Waals surface area contributed by atoms with E-state index in [0.29, 0.717) is 11.8 Å². The lowest BCUT2D eigenvalue weighted by atomic mass is 9.90. The minimum atomic E-state index is -1.19. The lowest BCUT2D eigenvalue weighted by molar-refractivity contribution is 0.0360. The molecule has 1 N–H and O–H groups in total. The van der Waals surface area contributed by atoms with Crippen LogP contribution in [-0.2, 0) is 5.72 Å². The van der Waals surface area contributed by atoms with Crippen molar-refractivity contribution >= 4 is 28.1 Å². The van der Waals surface area contributed by atoms with Crippen molar-refractivity contribution in [3.05, 3.63) is 40.9 Å². The number of hydrogen-bond acceptors (Lipinski definition) is 5. The second-order valence-electron chi connectivity index (χ2n) is 6.91. The molecule has 0 radical (unpaired) electrons. The molecule has 2 heterocycles. The summed E-state index contributed by atoms with van der Waals surface area (Å²) in [6, 6.07) is 8.01. The summed E-state index contributed by atoms with van der Waals surface area (Å²) in [6.07, 6.45) is 1.95. The van der Waals surface area contributed by atoms with Gasteiger partial charge in [0.05, 0.1) is 10.3 Å². The summed E-state index contributed by atoms with van der Waals surface area (Å²) < 4.78 is 0. The second-order valence-corrected chi connectivity index (χ2v) is 9.30. The summed E-state index contributed by atoms with van der Waals surface area (Å²) in [5.74, 6) is 0.772. The highest BCUT2D eigenvalue weighted by atomic mass is 32.2. The van der Waals surface area contributed by atoms with Gasteiger partial charge in [-0.2, -0.15) is 0 Å². The zero-order valence-corrected chi connectivity index (χ0v) is 16.4. The van der Waals surface area contributed by atoms with E-state index >= 15 is 0 Å². The number of aromatic nitrogens is 1. The summed E-state index contributed by atoms with van der Waals surface area (Å²) in [6.45, 7) is 10.6. The van der Waals surface area contributed by atoms with Gasteiger partial charge in [-0.15, -0.1) is 23.1 Å². The Morgan fingerprint density at radius 1 is 1.17 bits per heavy atom. The number of rotatable bonds is 4. The van der Waals surface area contributed by atoms with Gasteiger partial charge in [0.15, 0.2) is 5.72 Å². The first-order chi connectivity index (χ1) is 11.3. The quantitative estimate of drug-likeness (QED) is 0.808. The molecule has 0 spiro atoms. The zero-order valence-electron chi connectivity index (χ0n) is 14.8. The van der Waals surface area contributed by atoms with Crippen LogP contribution in [0, 0.1) is 5.92 Å². The van der Waals surface area contributed by atoms with Crippen LogP contribution < -0.4 is 0 Å². The van der Waals surface area contributed by atoms with Crippen molar-refractivity contribution in [1.29, 1.82) is 0 Å². The fourth-order valence-electron chi connectivity index (χ4n) is 3.08. The smallest absolute Gasteiger partial charge is 0.196 e. The maximum absolute atomic E-state index is 11.5. The Hall–Kier alpha value is -1.17. The molecule has 0 amide bonds. The molecular weight excluding hydrogens is 336 g/mol. The van der Waals surface area contributed by atoms with Gasteiger partial charge in [-0.05, 0) is 18.8 Å². The molecule has 0 bridgehead atoms. The van der Waals surface area contributed by atoms with Gasteiger partial charge in [0.2, 0.25) is 0 Å². The predicted molar refractivity (Wildman–Crippen MR) is 105 cm³/mol. The number of thioether (sulfide) groups is 1. The van der Waals surface area contributed by atoms with Gasteiger partial charge in [-0.3, -0.25) is 0 Å². The van der Waals surface area contributed by atoms with Crippen molar-refractivity contribution in [2.45, 2.75) is 51.5 Å². The highest BCUT2D eigenvalue weighted by Crippen LogP contribution is 2.47. The number of aliphatic hydroxyl groups is 1. The summed E-state index contributed by atoms with van der Waals surface area (Å²) >= 11 is 3.37. The van der Waals surface area contributed by atoms with E-state index < -0.39 is 5.72 Å². The van der Waals surface area contributed by atoms with E-state index in [1.807, 2.05) is 37.4 Å². The first-order valence-corrected chi connectivity index (χ1v) is 10.0. The molecule has 1 aromatic heterocycles. The van der Waals surface area contributed by atoms with Crippen LogP contribution in [0.25, 0.3) is 10.6 Å². The summed E-state index contributed by atoms with van der Waals surface area (Å²) in [4.78, 5) is 10.5. The number of thiazole rings is 1. The minimum Gasteiger partial charge on any atom is -0.365 e. The first-order valence-electron chi connectivity index (χ1n) is 8.34. The molecule has 24 heavy (non-hydrogen) atoms. The lowest BCUT2D eigenvalue weighted by Gasteiger charge is -2.31. The summed E-state index contributed by atoms with van der Waals surface area (Å²) in [5.41, 5.74) is 0.655. The van der Waals surface area contributed by atoms with Gasteiger partial charge in [-0.25, -0.2) is 9.98 Å². The fourth-order valence-corrected chi connectivity index (χ4v) is 5.21. The highest BCUT2D eigenvalue weighted by Gasteiger charge is 2.46. The van der Waals surface area contributed by atoms with E-state index in [2.05, 4.69) is 37.7 Å². The van der Waals surface area contributed by atoms with E-state index in [-0.39, 0.29) is 5.25 Å². The van der Waals surface area contributed by atoms with Crippen molar-refractivity contribution in [2.75, 3.05) is 0 Å². The van der Waals surface area contributed by atoms with E-state index in [0.717, 1.165) is 21.2 Å². The molecule has 3 nitrogen and oxygen atoms in total. The monoisotopic (exact) mass is 360 g/mol. The van der Waals surface area contributed by atoms with Crippen molar-refractivity contribution in [1.82, 2.24) is 4.98 Å². The van der Waals surface area contributed by atoms with Crippen LogP contribution in [-0.4, -0.2) is 20.4 Å². The van der Waals surface area contributed by atoms with Gasteiger partial charge >= 0.3 is 0 Å². The van der Waals surface area contributed by atoms with Gasteiger partial charge in [0, 0.05) is 22.2 Å². The van der Waals surface area contributed by atoms with E-state index in [1.54, 1.807) is 23.1 Å². The maximum atomic E-state index is 11.5. The molecule has 128 valence electrons. The van der Waals surface area contributed by atoms with Gasteiger partial charge in [-0.1, -0.05) is 52.0 Å². The molecule has 2 atom stereocenters. The van der Waals surface area contributed by atoms with Gasteiger partial charge in [0.1, 0.15) is 5.01 Å². The van der Waals surface area contributed by atoms with Gasteiger partial charge < -0.3 is 5.11 Å². The average Bonchev–Trinajstić information content (AvgIpc) is 3.12. The minimum absolute atomic E-state index is 0.0168. The Kier molecular flexibility index (Phi) is 4.87. The standard InChI is InChI=1S/C19H24N2OS2/c1-11(2)16-10-20-18(24-16)14-8-6-7-9-15(14)19(22)17(12(3)4)23-13(5)21-19/h6-12,17,22H,1-5H3. The Morgan fingerprint density at radius 2 is 1.88 bits per heavy atom. The van der Waals surface area contributed by atoms with Crippen molar-refractivity contribution in [3.8, 4) is 10.6 Å². The summed E-state index contributed by atoms with van der Waals surface area (Å²) in [7, 11) is 0. The number of aliphatic imine (C=N–C) groups is 1. The third-order valence-electron chi connectivity index (χ3n) is 4.27. The number of nitrogens with zero attached hydrogens (tertiary/aromatic N) is 2. The molecular formula is C19H24N2OS2. The topological polar surface area (TPSA) is 45.5 Å². The summed E-state index contributed by atoms with van der Waals surface area (Å²) in [5, 5.41) is 13.4. The fraction of sp³-hybridized carbons (Fsp3) is 0.474. The number of hydrogen-bond donors (Lipinski definition) is 1. The normalized spacial score (nSPS) is 24.0. The second kappa shape index (κ2) is 6.62. The van der Waals surface area contributed by atoms with E-state index in [4.69, 9.17) is 0 Å². The molecule has 0 fully saturated rings. The predicted octanol–water partition coefficient (Wildman–Crippen LogP) is 5.27. The van der Waals surface area contributed by atoms with Crippen LogP contribution in [0.15, 0.2) is 35.5 Å². The SMILES string of the molecule is CC1=NC(O)(c2ccccc2-c2ncc(C(C)C)s2)C(C(C)C)S1. The van der Waals surface area contributed by atoms with Crippen LogP contribution >= 0.6 is 23.1 Å². The van der Waals surface area contributed by atoms with Crippen molar-refractivity contribution in [2.24, 2.45) is 10.9 Å². The molecule has 1 aromatic carbocycles. The molecule has 0 saturated carbocycles. The molecule has 1 aliphatic rings. The zero-order chi connectivity index (χ0) is 17.5. The molecule has 2 aromatic rings. The Labute approximate surface area is 152 Å². The first kappa shape index (κ1) is 17.6. The third kappa shape index (κ3) is 3.05. The largest absolute Gasteiger partial charge is 0.365 e. The van der Waals surface area contributed by atoms with E-state index in [1.165, 1.54) is 4.88 Å². The van der Waals surface area contributed by atoms with Crippen LogP contribution in [0.4, 0.5) is 0 Å². The van der Waals surface area contributed by atoms with E-state index in [9.17, 15) is 5.11 Å². The van der Waals surface area contributed by atoms with Crippen molar-refractivity contribution < 1.29 is 5.11 Å².